The van der Waals surface area contributed by atoms with Crippen molar-refractivity contribution in [1.29, 1.82) is 0 Å². The van der Waals surface area contributed by atoms with Crippen molar-refractivity contribution < 1.29 is 80.2 Å². The van der Waals surface area contributed by atoms with Crippen LogP contribution in [-0.2, 0) is 65.4 Å². The molecule has 17 nitrogen and oxygen atoms in total. The van der Waals surface area contributed by atoms with Crippen LogP contribution in [0, 0.1) is 17.8 Å². The molecule has 0 aliphatic heterocycles. The summed E-state index contributed by atoms with van der Waals surface area (Å²) >= 11 is 0. The van der Waals surface area contributed by atoms with Gasteiger partial charge in [-0.15, -0.1) is 0 Å². The maximum atomic E-state index is 13.1. The van der Waals surface area contributed by atoms with Gasteiger partial charge in [0.05, 0.1) is 26.4 Å². The minimum absolute atomic E-state index is 0.101. The SMILES string of the molecule is CCCCCC/C=C\C=C/CCCCCCCC(=O)OC[C@H](COP(=O)(O)OC[C@@H](O)COP(=O)(O)OC[C@@H](COC(=O)CCCCCCCCCCC(C)CC)OC(=O)CCCCCCCCCCCCC(C)C)OC(=O)CCCCCCCCCCCCCCCCCC(C)C. The molecule has 0 aromatic heterocycles. The summed E-state index contributed by atoms with van der Waals surface area (Å²) in [4.78, 5) is 72.9. The normalized spacial score (nSPS) is 14.4. The number of carbonyl (C=O) groups excluding carboxylic acids is 4. The van der Waals surface area contributed by atoms with Crippen LogP contribution < -0.4 is 0 Å². The van der Waals surface area contributed by atoms with E-state index in [4.69, 9.17) is 37.0 Å². The van der Waals surface area contributed by atoms with Gasteiger partial charge in [0.1, 0.15) is 19.3 Å². The number of unbranched alkanes of at least 4 members (excludes halogenated alkanes) is 39. The third-order valence-corrected chi connectivity index (χ3v) is 20.0. The number of carbonyl (C=O) groups is 4. The minimum Gasteiger partial charge on any atom is -0.462 e. The smallest absolute Gasteiger partial charge is 0.462 e. The Balaban J connectivity index is 5.30. The molecule has 6 atom stereocenters. The molecule has 0 aliphatic rings. The predicted octanol–water partition coefficient (Wildman–Crippen LogP) is 22.9. The number of allylic oxidation sites excluding steroid dienone is 4. The first-order valence-corrected chi connectivity index (χ1v) is 43.2. The molecule has 0 amide bonds. The molecule has 0 aromatic carbocycles. The molecule has 0 saturated heterocycles. The molecule has 98 heavy (non-hydrogen) atoms. The summed E-state index contributed by atoms with van der Waals surface area (Å²) in [5, 5.41) is 10.6. The molecule has 0 spiro atoms. The van der Waals surface area contributed by atoms with E-state index >= 15 is 0 Å². The van der Waals surface area contributed by atoms with Crippen molar-refractivity contribution in [2.45, 2.75) is 401 Å². The predicted molar refractivity (Wildman–Crippen MR) is 400 cm³/mol. The van der Waals surface area contributed by atoms with Crippen LogP contribution in [0.2, 0.25) is 0 Å². The minimum atomic E-state index is -4.97. The Hall–Kier alpha value is -2.46. The Morgan fingerprint density at radius 3 is 0.908 bits per heavy atom. The number of phosphoric acid groups is 2. The van der Waals surface area contributed by atoms with Gasteiger partial charge in [-0.1, -0.05) is 330 Å². The quantitative estimate of drug-likeness (QED) is 0.0169. The number of hydrogen-bond donors (Lipinski definition) is 3. The highest BCUT2D eigenvalue weighted by Crippen LogP contribution is 2.45. The lowest BCUT2D eigenvalue weighted by atomic mass is 9.99. The van der Waals surface area contributed by atoms with Gasteiger partial charge in [0.15, 0.2) is 12.2 Å². The first-order chi connectivity index (χ1) is 47.3. The van der Waals surface area contributed by atoms with E-state index in [1.54, 1.807) is 0 Å². The van der Waals surface area contributed by atoms with Crippen molar-refractivity contribution in [3.05, 3.63) is 24.3 Å². The first kappa shape index (κ1) is 95.5. The van der Waals surface area contributed by atoms with Gasteiger partial charge in [0.2, 0.25) is 0 Å². The van der Waals surface area contributed by atoms with E-state index in [0.717, 1.165) is 127 Å². The second-order valence-electron chi connectivity index (χ2n) is 29.0. The molecule has 0 radical (unpaired) electrons. The zero-order valence-electron chi connectivity index (χ0n) is 63.7. The number of esters is 4. The Bertz CT molecular complexity index is 2000. The molecule has 0 bridgehead atoms. The van der Waals surface area contributed by atoms with Crippen molar-refractivity contribution in [1.82, 2.24) is 0 Å². The lowest BCUT2D eigenvalue weighted by Gasteiger charge is -2.21. The summed E-state index contributed by atoms with van der Waals surface area (Å²) in [6.45, 7) is 11.9. The molecule has 3 unspecified atom stereocenters. The summed E-state index contributed by atoms with van der Waals surface area (Å²) in [5.74, 6) is 0.183. The van der Waals surface area contributed by atoms with Gasteiger partial charge in [0.25, 0.3) is 0 Å². The highest BCUT2D eigenvalue weighted by atomic mass is 31.2. The zero-order valence-corrected chi connectivity index (χ0v) is 65.5. The summed E-state index contributed by atoms with van der Waals surface area (Å²) in [6, 6.07) is 0. The highest BCUT2D eigenvalue weighted by Gasteiger charge is 2.30. The van der Waals surface area contributed by atoms with Gasteiger partial charge in [-0.3, -0.25) is 37.3 Å². The molecule has 0 rings (SSSR count). The van der Waals surface area contributed by atoms with Gasteiger partial charge >= 0.3 is 39.5 Å². The van der Waals surface area contributed by atoms with Crippen LogP contribution in [-0.4, -0.2) is 96.7 Å². The third-order valence-electron chi connectivity index (χ3n) is 18.1. The fourth-order valence-corrected chi connectivity index (χ4v) is 13.1. The lowest BCUT2D eigenvalue weighted by molar-refractivity contribution is -0.161. The number of ether oxygens (including phenoxy) is 4. The van der Waals surface area contributed by atoms with Crippen molar-refractivity contribution >= 4 is 39.5 Å². The van der Waals surface area contributed by atoms with Crippen molar-refractivity contribution in [3.63, 3.8) is 0 Å². The van der Waals surface area contributed by atoms with E-state index in [1.165, 1.54) is 173 Å². The number of hydrogen-bond acceptors (Lipinski definition) is 15. The number of phosphoric ester groups is 2. The van der Waals surface area contributed by atoms with E-state index in [9.17, 15) is 43.2 Å². The number of aliphatic hydroxyl groups is 1. The molecule has 19 heteroatoms. The van der Waals surface area contributed by atoms with Crippen molar-refractivity contribution in [2.75, 3.05) is 39.6 Å². The van der Waals surface area contributed by atoms with E-state index in [0.29, 0.717) is 25.7 Å². The van der Waals surface area contributed by atoms with Crippen LogP contribution in [0.25, 0.3) is 0 Å². The van der Waals surface area contributed by atoms with E-state index in [1.807, 2.05) is 0 Å². The molecule has 0 aliphatic carbocycles. The van der Waals surface area contributed by atoms with Gasteiger partial charge < -0.3 is 33.8 Å². The number of aliphatic hydroxyl groups excluding tert-OH is 1. The summed E-state index contributed by atoms with van der Waals surface area (Å²) in [6.07, 6.45) is 59.0. The third kappa shape index (κ3) is 70.6. The van der Waals surface area contributed by atoms with Crippen molar-refractivity contribution in [2.24, 2.45) is 17.8 Å². The molecule has 0 fully saturated rings. The fourth-order valence-electron chi connectivity index (χ4n) is 11.6. The van der Waals surface area contributed by atoms with Crippen LogP contribution in [0.1, 0.15) is 382 Å². The molecule has 578 valence electrons. The topological polar surface area (TPSA) is 237 Å². The summed E-state index contributed by atoms with van der Waals surface area (Å²) in [5.41, 5.74) is 0. The van der Waals surface area contributed by atoms with Gasteiger partial charge in [0, 0.05) is 25.7 Å². The lowest BCUT2D eigenvalue weighted by Crippen LogP contribution is -2.30. The number of rotatable bonds is 75. The largest absolute Gasteiger partial charge is 0.472 e. The van der Waals surface area contributed by atoms with Crippen LogP contribution in [0.5, 0.6) is 0 Å². The van der Waals surface area contributed by atoms with Crippen LogP contribution in [0.3, 0.4) is 0 Å². The van der Waals surface area contributed by atoms with Crippen LogP contribution >= 0.6 is 15.6 Å². The monoisotopic (exact) mass is 1430 g/mol. The van der Waals surface area contributed by atoms with Gasteiger partial charge in [-0.25, -0.2) is 9.13 Å². The second-order valence-corrected chi connectivity index (χ2v) is 31.9. The molecule has 3 N–H and O–H groups in total. The zero-order chi connectivity index (χ0) is 72.3. The maximum absolute atomic E-state index is 13.1. The Kier molecular flexibility index (Phi) is 67.2. The van der Waals surface area contributed by atoms with Crippen molar-refractivity contribution in [3.8, 4) is 0 Å². The second kappa shape index (κ2) is 68.9. The Morgan fingerprint density at radius 1 is 0.337 bits per heavy atom. The Morgan fingerprint density at radius 2 is 0.602 bits per heavy atom. The average molecular weight is 1430 g/mol. The van der Waals surface area contributed by atoms with Gasteiger partial charge in [-0.05, 0) is 69.1 Å². The van der Waals surface area contributed by atoms with E-state index in [-0.39, 0.29) is 25.7 Å². The Labute approximate surface area is 599 Å². The molecular weight excluding hydrogens is 1280 g/mol. The summed E-state index contributed by atoms with van der Waals surface area (Å²) in [7, 11) is -9.93. The molecular formula is C79H150O17P2. The van der Waals surface area contributed by atoms with E-state index in [2.05, 4.69) is 72.8 Å². The average Bonchev–Trinajstić information content (AvgIpc) is 1.05. The maximum Gasteiger partial charge on any atom is 0.472 e. The standard InChI is InChI=1S/C79H150O17P2/c1-8-10-11-12-13-14-15-16-18-22-25-31-39-46-53-60-76(81)89-66-74(95-78(83)62-55-48-41-32-26-23-20-17-19-21-24-29-36-43-50-57-70(3)4)68-93-97(85,86)91-64-73(80)65-92-98(87,88)94-69-75(67-90-77(82)61-54-47-40-35-34-38-45-52-59-72(7)9-2)96-79(84)63-56-49-42-33-28-27-30-37-44-51-58-71(5)6/h14-16,18,70-75,80H,8-13,17,19-69H2,1-7H3,(H,85,86)(H,87,88)/b15-14-,18-16-/t72?,73-,74-,75-/m1/s1. The fraction of sp³-hybridized carbons (Fsp3) is 0.899. The van der Waals surface area contributed by atoms with Crippen LogP contribution in [0.4, 0.5) is 0 Å². The molecule has 0 aromatic rings. The molecule has 0 heterocycles. The van der Waals surface area contributed by atoms with Gasteiger partial charge in [-0.2, -0.15) is 0 Å². The van der Waals surface area contributed by atoms with E-state index < -0.39 is 97.5 Å². The molecule has 0 saturated carbocycles. The highest BCUT2D eigenvalue weighted by molar-refractivity contribution is 7.47. The summed E-state index contributed by atoms with van der Waals surface area (Å²) < 4.78 is 68.6. The van der Waals surface area contributed by atoms with Crippen LogP contribution in [0.15, 0.2) is 24.3 Å². The first-order valence-electron chi connectivity index (χ1n) is 40.2.